The monoisotopic (exact) mass is 437 g/mol. The number of rotatable bonds is 7. The average Bonchev–Trinajstić information content (AvgIpc) is 3.21. The van der Waals surface area contributed by atoms with Crippen LogP contribution in [0.25, 0.3) is 11.1 Å². The van der Waals surface area contributed by atoms with Crippen LogP contribution in [0.3, 0.4) is 0 Å². The molecular weight excluding hydrogens is 415 g/mol. The number of benzene rings is 2. The normalized spacial score (nSPS) is 13.9. The van der Waals surface area contributed by atoms with Crippen LogP contribution in [-0.4, -0.2) is 47.6 Å². The first-order valence-corrected chi connectivity index (χ1v) is 9.48. The molecule has 1 unspecified atom stereocenters. The summed E-state index contributed by atoms with van der Waals surface area (Å²) >= 11 is 0. The summed E-state index contributed by atoms with van der Waals surface area (Å²) in [6.07, 6.45) is -4.31. The molecule has 0 saturated heterocycles. The molecule has 1 aliphatic heterocycles. The SMILES string of the molecule is C=CC(=O)N(C)Cc1cc(-c2ccc(OC(F)(F)F)cc2)c2c(c1C(O)CO)CCO2. The second-order valence-electron chi connectivity index (χ2n) is 7.07. The van der Waals surface area contributed by atoms with Gasteiger partial charge in [0.05, 0.1) is 13.2 Å². The zero-order valence-corrected chi connectivity index (χ0v) is 16.8. The van der Waals surface area contributed by atoms with Gasteiger partial charge in [-0.05, 0) is 41.0 Å². The topological polar surface area (TPSA) is 79.2 Å². The molecule has 0 fully saturated rings. The van der Waals surface area contributed by atoms with Gasteiger partial charge in [-0.15, -0.1) is 13.2 Å². The first-order chi connectivity index (χ1) is 14.6. The molecule has 0 radical (unpaired) electrons. The second-order valence-corrected chi connectivity index (χ2v) is 7.07. The summed E-state index contributed by atoms with van der Waals surface area (Å²) in [5, 5.41) is 20.0. The Morgan fingerprint density at radius 2 is 2.03 bits per heavy atom. The van der Waals surface area contributed by atoms with E-state index in [4.69, 9.17) is 4.74 Å². The fourth-order valence-corrected chi connectivity index (χ4v) is 3.64. The van der Waals surface area contributed by atoms with Gasteiger partial charge >= 0.3 is 6.36 Å². The van der Waals surface area contributed by atoms with Crippen molar-refractivity contribution in [1.82, 2.24) is 4.90 Å². The van der Waals surface area contributed by atoms with Crippen LogP contribution in [0.2, 0.25) is 0 Å². The molecule has 1 heterocycles. The van der Waals surface area contributed by atoms with Crippen molar-refractivity contribution in [3.8, 4) is 22.6 Å². The number of halogens is 3. The second kappa shape index (κ2) is 8.99. The molecule has 0 aliphatic carbocycles. The maximum atomic E-state index is 12.4. The van der Waals surface area contributed by atoms with Gasteiger partial charge < -0.3 is 24.6 Å². The van der Waals surface area contributed by atoms with Gasteiger partial charge in [-0.2, -0.15) is 0 Å². The maximum Gasteiger partial charge on any atom is 0.573 e. The molecule has 166 valence electrons. The van der Waals surface area contributed by atoms with Gasteiger partial charge in [0.25, 0.3) is 0 Å². The first kappa shape index (κ1) is 22.6. The predicted octanol–water partition coefficient (Wildman–Crippen LogP) is 3.36. The third kappa shape index (κ3) is 5.00. The van der Waals surface area contributed by atoms with Crippen molar-refractivity contribution in [2.45, 2.75) is 25.4 Å². The number of carbonyl (C=O) groups is 1. The fourth-order valence-electron chi connectivity index (χ4n) is 3.64. The number of likely N-dealkylation sites (N-methyl/N-ethyl adjacent to an activating group) is 1. The Kier molecular flexibility index (Phi) is 6.56. The van der Waals surface area contributed by atoms with E-state index in [2.05, 4.69) is 11.3 Å². The van der Waals surface area contributed by atoms with Crippen LogP contribution >= 0.6 is 0 Å². The Labute approximate surface area is 177 Å². The fraction of sp³-hybridized carbons (Fsp3) is 0.318. The van der Waals surface area contributed by atoms with Crippen molar-refractivity contribution in [2.75, 3.05) is 20.3 Å². The highest BCUT2D eigenvalue weighted by Gasteiger charge is 2.31. The highest BCUT2D eigenvalue weighted by Crippen LogP contribution is 2.43. The van der Waals surface area contributed by atoms with Gasteiger partial charge in [0.1, 0.15) is 17.6 Å². The number of amides is 1. The number of nitrogens with zero attached hydrogens (tertiary/aromatic N) is 1. The van der Waals surface area contributed by atoms with Crippen LogP contribution in [0.15, 0.2) is 43.0 Å². The van der Waals surface area contributed by atoms with E-state index in [0.717, 1.165) is 0 Å². The lowest BCUT2D eigenvalue weighted by atomic mass is 9.89. The number of hydrogen-bond donors (Lipinski definition) is 2. The lowest BCUT2D eigenvalue weighted by Gasteiger charge is -2.23. The molecule has 2 N–H and O–H groups in total. The lowest BCUT2D eigenvalue weighted by Crippen LogP contribution is -2.25. The maximum absolute atomic E-state index is 12.4. The van der Waals surface area contributed by atoms with Gasteiger partial charge in [-0.1, -0.05) is 18.7 Å². The molecule has 1 atom stereocenters. The van der Waals surface area contributed by atoms with Crippen LogP contribution in [-0.2, 0) is 17.8 Å². The highest BCUT2D eigenvalue weighted by molar-refractivity contribution is 5.87. The predicted molar refractivity (Wildman–Crippen MR) is 106 cm³/mol. The summed E-state index contributed by atoms with van der Waals surface area (Å²) in [6.45, 7) is 3.44. The van der Waals surface area contributed by atoms with E-state index >= 15 is 0 Å². The zero-order valence-electron chi connectivity index (χ0n) is 16.8. The van der Waals surface area contributed by atoms with Crippen LogP contribution in [0.4, 0.5) is 13.2 Å². The van der Waals surface area contributed by atoms with Gasteiger partial charge in [0, 0.05) is 31.1 Å². The van der Waals surface area contributed by atoms with Gasteiger partial charge in [0.2, 0.25) is 5.91 Å². The molecular formula is C22H22F3NO5. The van der Waals surface area contributed by atoms with Crippen LogP contribution in [0.5, 0.6) is 11.5 Å². The van der Waals surface area contributed by atoms with Gasteiger partial charge in [0.15, 0.2) is 0 Å². The average molecular weight is 437 g/mol. The van der Waals surface area contributed by atoms with Crippen LogP contribution < -0.4 is 9.47 Å². The molecule has 1 amide bonds. The molecule has 2 aromatic carbocycles. The number of hydrogen-bond acceptors (Lipinski definition) is 5. The van der Waals surface area contributed by atoms with Gasteiger partial charge in [-0.25, -0.2) is 0 Å². The van der Waals surface area contributed by atoms with E-state index in [1.807, 2.05) is 0 Å². The van der Waals surface area contributed by atoms with E-state index in [1.54, 1.807) is 13.1 Å². The molecule has 1 aliphatic rings. The van der Waals surface area contributed by atoms with E-state index in [1.165, 1.54) is 35.2 Å². The molecule has 6 nitrogen and oxygen atoms in total. The van der Waals surface area contributed by atoms with Crippen molar-refractivity contribution in [1.29, 1.82) is 0 Å². The highest BCUT2D eigenvalue weighted by atomic mass is 19.4. The molecule has 9 heteroatoms. The summed E-state index contributed by atoms with van der Waals surface area (Å²) in [6, 6.07) is 7.07. The smallest absolute Gasteiger partial charge is 0.492 e. The van der Waals surface area contributed by atoms with E-state index in [-0.39, 0.29) is 18.2 Å². The summed E-state index contributed by atoms with van der Waals surface area (Å²) in [5.41, 5.74) is 2.96. The molecule has 0 bridgehead atoms. The Morgan fingerprint density at radius 3 is 2.61 bits per heavy atom. The number of aliphatic hydroxyl groups is 2. The number of ether oxygens (including phenoxy) is 2. The number of fused-ring (bicyclic) bond motifs is 1. The minimum atomic E-state index is -4.79. The summed E-state index contributed by atoms with van der Waals surface area (Å²) < 4.78 is 47.0. The molecule has 31 heavy (non-hydrogen) atoms. The Balaban J connectivity index is 2.09. The molecule has 3 rings (SSSR count). The molecule has 2 aromatic rings. The van der Waals surface area contributed by atoms with E-state index in [0.29, 0.717) is 46.6 Å². The zero-order chi connectivity index (χ0) is 22.8. The summed E-state index contributed by atoms with van der Waals surface area (Å²) in [7, 11) is 1.58. The third-order valence-corrected chi connectivity index (χ3v) is 4.97. The Hall–Kier alpha value is -3.04. The van der Waals surface area contributed by atoms with E-state index in [9.17, 15) is 28.2 Å². The van der Waals surface area contributed by atoms with Crippen molar-refractivity contribution < 1.29 is 37.7 Å². The standard InChI is InChI=1S/C22H22F3NO5/c1-3-19(29)26(2)11-14-10-17(13-4-6-15(7-5-13)31-22(23,24)25)21-16(8-9-30-21)20(14)18(28)12-27/h3-7,10,18,27-28H,1,8-9,11-12H2,2H3. The lowest BCUT2D eigenvalue weighted by molar-refractivity contribution is -0.274. The third-order valence-electron chi connectivity index (χ3n) is 4.97. The van der Waals surface area contributed by atoms with Crippen LogP contribution in [0, 0.1) is 0 Å². The summed E-state index contributed by atoms with van der Waals surface area (Å²) in [5.74, 6) is -0.178. The molecule has 0 spiro atoms. The minimum Gasteiger partial charge on any atom is -0.492 e. The Bertz CT molecular complexity index is 973. The molecule has 0 aromatic heterocycles. The quantitative estimate of drug-likeness (QED) is 0.650. The van der Waals surface area contributed by atoms with Crippen molar-refractivity contribution >= 4 is 5.91 Å². The minimum absolute atomic E-state index is 0.132. The number of alkyl halides is 3. The number of aliphatic hydroxyl groups excluding tert-OH is 2. The van der Waals surface area contributed by atoms with Crippen molar-refractivity contribution in [3.63, 3.8) is 0 Å². The van der Waals surface area contributed by atoms with Crippen LogP contribution in [0.1, 0.15) is 22.8 Å². The van der Waals surface area contributed by atoms with Crippen molar-refractivity contribution in [2.24, 2.45) is 0 Å². The summed E-state index contributed by atoms with van der Waals surface area (Å²) in [4.78, 5) is 13.4. The number of carbonyl (C=O) groups excluding carboxylic acids is 1. The Morgan fingerprint density at radius 1 is 1.35 bits per heavy atom. The first-order valence-electron chi connectivity index (χ1n) is 9.48. The largest absolute Gasteiger partial charge is 0.573 e. The van der Waals surface area contributed by atoms with Gasteiger partial charge in [-0.3, -0.25) is 4.79 Å². The van der Waals surface area contributed by atoms with E-state index < -0.39 is 19.1 Å². The van der Waals surface area contributed by atoms with Crippen molar-refractivity contribution in [3.05, 3.63) is 59.7 Å². The molecule has 0 saturated carbocycles.